The van der Waals surface area contributed by atoms with E-state index in [0.717, 1.165) is 13.2 Å². The quantitative estimate of drug-likeness (QED) is 0.395. The highest BCUT2D eigenvalue weighted by atomic mass is 16.5. The zero-order valence-corrected chi connectivity index (χ0v) is 7.30. The Bertz CT molecular complexity index is 63.5. The number of ether oxygens (including phenoxy) is 2. The standard InChI is InChI=1S/C7H17N2O2/c1-3-11-7-5-9-8-4-6-10-2/h9H,3-7H2,1-2H3. The Morgan fingerprint density at radius 3 is 2.82 bits per heavy atom. The van der Waals surface area contributed by atoms with E-state index < -0.39 is 0 Å². The van der Waals surface area contributed by atoms with Crippen molar-refractivity contribution in [3.05, 3.63) is 0 Å². The van der Waals surface area contributed by atoms with E-state index in [4.69, 9.17) is 9.47 Å². The number of hydrogen-bond acceptors (Lipinski definition) is 3. The van der Waals surface area contributed by atoms with Gasteiger partial charge in [-0.05, 0) is 6.92 Å². The minimum absolute atomic E-state index is 0.668. The summed E-state index contributed by atoms with van der Waals surface area (Å²) in [6, 6.07) is 0. The second kappa shape index (κ2) is 9.84. The van der Waals surface area contributed by atoms with Crippen molar-refractivity contribution >= 4 is 0 Å². The summed E-state index contributed by atoms with van der Waals surface area (Å²) in [7, 11) is 1.66. The molecule has 11 heavy (non-hydrogen) atoms. The topological polar surface area (TPSA) is 44.6 Å². The molecule has 0 rings (SSSR count). The molecule has 0 aromatic heterocycles. The molecule has 0 aliphatic rings. The lowest BCUT2D eigenvalue weighted by Crippen LogP contribution is -2.30. The van der Waals surface area contributed by atoms with Crippen LogP contribution in [0.4, 0.5) is 0 Å². The Morgan fingerprint density at radius 1 is 1.36 bits per heavy atom. The normalized spacial score (nSPS) is 10.4. The molecule has 0 saturated carbocycles. The van der Waals surface area contributed by atoms with Gasteiger partial charge in [-0.2, -0.15) is 5.43 Å². The second-order valence-corrected chi connectivity index (χ2v) is 1.98. The van der Waals surface area contributed by atoms with Gasteiger partial charge in [-0.25, -0.2) is 5.43 Å². The lowest BCUT2D eigenvalue weighted by molar-refractivity contribution is 0.143. The van der Waals surface area contributed by atoms with Gasteiger partial charge < -0.3 is 9.47 Å². The van der Waals surface area contributed by atoms with Gasteiger partial charge in [0.2, 0.25) is 0 Å². The van der Waals surface area contributed by atoms with Crippen molar-refractivity contribution in [2.24, 2.45) is 0 Å². The van der Waals surface area contributed by atoms with Crippen LogP contribution in [0.5, 0.6) is 0 Å². The Morgan fingerprint density at radius 2 is 2.18 bits per heavy atom. The molecule has 0 amide bonds. The molecule has 0 spiro atoms. The summed E-state index contributed by atoms with van der Waals surface area (Å²) in [5.41, 5.74) is 6.85. The molecule has 0 bridgehead atoms. The SMILES string of the molecule is CCOCCN[N]CCOC. The van der Waals surface area contributed by atoms with E-state index in [-0.39, 0.29) is 0 Å². The molecule has 4 heteroatoms. The zero-order chi connectivity index (χ0) is 8.36. The van der Waals surface area contributed by atoms with Crippen LogP contribution in [0.2, 0.25) is 0 Å². The smallest absolute Gasteiger partial charge is 0.0619 e. The second-order valence-electron chi connectivity index (χ2n) is 1.98. The van der Waals surface area contributed by atoms with Crippen LogP contribution in [0.3, 0.4) is 0 Å². The predicted octanol–water partition coefficient (Wildman–Crippen LogP) is -0.222. The molecule has 1 radical (unpaired) electrons. The number of hydrogen-bond donors (Lipinski definition) is 1. The first kappa shape index (κ1) is 10.8. The molecule has 67 valence electrons. The first-order valence-corrected chi connectivity index (χ1v) is 3.87. The van der Waals surface area contributed by atoms with Gasteiger partial charge in [0.05, 0.1) is 19.8 Å². The molecule has 0 aromatic carbocycles. The minimum atomic E-state index is 0.668. The van der Waals surface area contributed by atoms with Crippen LogP contribution in [0, 0.1) is 0 Å². The van der Waals surface area contributed by atoms with Crippen LogP contribution in [0.15, 0.2) is 0 Å². The van der Waals surface area contributed by atoms with Crippen LogP contribution >= 0.6 is 0 Å². The number of nitrogens with one attached hydrogen (secondary N) is 1. The van der Waals surface area contributed by atoms with Gasteiger partial charge >= 0.3 is 0 Å². The molecule has 0 fully saturated rings. The fourth-order valence-electron chi connectivity index (χ4n) is 0.557. The molecule has 0 heterocycles. The van der Waals surface area contributed by atoms with E-state index in [1.807, 2.05) is 6.92 Å². The van der Waals surface area contributed by atoms with Crippen LogP contribution in [0.25, 0.3) is 0 Å². The monoisotopic (exact) mass is 161 g/mol. The molecule has 0 saturated heterocycles. The van der Waals surface area contributed by atoms with Crippen molar-refractivity contribution in [1.29, 1.82) is 0 Å². The van der Waals surface area contributed by atoms with Crippen LogP contribution in [0.1, 0.15) is 6.92 Å². The van der Waals surface area contributed by atoms with E-state index in [9.17, 15) is 0 Å². The Hall–Kier alpha value is -0.160. The maximum atomic E-state index is 5.09. The Balaban J connectivity index is 2.69. The highest BCUT2D eigenvalue weighted by Crippen LogP contribution is 1.69. The summed E-state index contributed by atoms with van der Waals surface area (Å²) in [6.45, 7) is 5.59. The van der Waals surface area contributed by atoms with Gasteiger partial charge in [0, 0.05) is 20.3 Å². The predicted molar refractivity (Wildman–Crippen MR) is 43.4 cm³/mol. The molecular formula is C7H17N2O2. The summed E-state index contributed by atoms with van der Waals surface area (Å²) in [6.07, 6.45) is 0. The van der Waals surface area contributed by atoms with E-state index in [0.29, 0.717) is 19.8 Å². The van der Waals surface area contributed by atoms with Crippen molar-refractivity contribution in [2.45, 2.75) is 6.92 Å². The molecule has 4 nitrogen and oxygen atoms in total. The fourth-order valence-corrected chi connectivity index (χ4v) is 0.557. The summed E-state index contributed by atoms with van der Waals surface area (Å²) >= 11 is 0. The third kappa shape index (κ3) is 9.84. The Kier molecular flexibility index (Phi) is 9.70. The maximum absolute atomic E-state index is 5.09. The fraction of sp³-hybridized carbons (Fsp3) is 1.00. The van der Waals surface area contributed by atoms with Gasteiger partial charge in [0.15, 0.2) is 0 Å². The first-order valence-electron chi connectivity index (χ1n) is 3.87. The van der Waals surface area contributed by atoms with Gasteiger partial charge in [-0.3, -0.25) is 0 Å². The Labute approximate surface area is 68.2 Å². The first-order chi connectivity index (χ1) is 5.41. The zero-order valence-electron chi connectivity index (χ0n) is 7.30. The molecule has 0 aliphatic carbocycles. The summed E-state index contributed by atoms with van der Waals surface area (Å²) < 4.78 is 9.89. The van der Waals surface area contributed by atoms with Crippen molar-refractivity contribution in [3.8, 4) is 0 Å². The molecule has 0 aliphatic heterocycles. The van der Waals surface area contributed by atoms with Crippen LogP contribution in [-0.2, 0) is 9.47 Å². The molecule has 0 atom stereocenters. The number of methoxy groups -OCH3 is 1. The van der Waals surface area contributed by atoms with Crippen molar-refractivity contribution < 1.29 is 9.47 Å². The van der Waals surface area contributed by atoms with Crippen LogP contribution in [-0.4, -0.2) is 40.0 Å². The lowest BCUT2D eigenvalue weighted by Gasteiger charge is -2.03. The van der Waals surface area contributed by atoms with Crippen molar-refractivity contribution in [1.82, 2.24) is 10.9 Å². The average Bonchev–Trinajstić information content (AvgIpc) is 2.03. The molecule has 1 N–H and O–H groups in total. The van der Waals surface area contributed by atoms with E-state index in [2.05, 4.69) is 10.9 Å². The summed E-state index contributed by atoms with van der Waals surface area (Å²) in [5.74, 6) is 0. The minimum Gasteiger partial charge on any atom is -0.383 e. The van der Waals surface area contributed by atoms with Gasteiger partial charge in [-0.1, -0.05) is 0 Å². The third-order valence-corrected chi connectivity index (χ3v) is 1.08. The third-order valence-electron chi connectivity index (χ3n) is 1.08. The van der Waals surface area contributed by atoms with Gasteiger partial charge in [-0.15, -0.1) is 0 Å². The lowest BCUT2D eigenvalue weighted by atomic mass is 10.7. The molecular weight excluding hydrogens is 144 g/mol. The highest BCUT2D eigenvalue weighted by molar-refractivity contribution is 4.39. The summed E-state index contributed by atoms with van der Waals surface area (Å²) in [4.78, 5) is 0. The van der Waals surface area contributed by atoms with E-state index in [1.165, 1.54) is 0 Å². The average molecular weight is 161 g/mol. The van der Waals surface area contributed by atoms with Crippen molar-refractivity contribution in [2.75, 3.05) is 40.0 Å². The van der Waals surface area contributed by atoms with Crippen molar-refractivity contribution in [3.63, 3.8) is 0 Å². The van der Waals surface area contributed by atoms with Crippen LogP contribution < -0.4 is 10.9 Å². The largest absolute Gasteiger partial charge is 0.383 e. The van der Waals surface area contributed by atoms with Gasteiger partial charge in [0.1, 0.15) is 0 Å². The number of nitrogens with zero attached hydrogens (tertiary/aromatic N) is 1. The van der Waals surface area contributed by atoms with Gasteiger partial charge in [0.25, 0.3) is 0 Å². The summed E-state index contributed by atoms with van der Waals surface area (Å²) in [5, 5.41) is 0. The maximum Gasteiger partial charge on any atom is 0.0619 e. The molecule has 0 unspecified atom stereocenters. The van der Waals surface area contributed by atoms with E-state index in [1.54, 1.807) is 7.11 Å². The highest BCUT2D eigenvalue weighted by Gasteiger charge is 1.86. The number of rotatable bonds is 8. The molecule has 0 aromatic rings. The van der Waals surface area contributed by atoms with E-state index >= 15 is 0 Å².